The van der Waals surface area contributed by atoms with Gasteiger partial charge >= 0.3 is 0 Å². The first-order chi connectivity index (χ1) is 8.22. The van der Waals surface area contributed by atoms with E-state index in [1.165, 1.54) is 12.1 Å². The largest absolute Gasteiger partial charge is 0.337 e. The molecule has 0 amide bonds. The molecule has 1 N–H and O–H groups in total. The summed E-state index contributed by atoms with van der Waals surface area (Å²) in [4.78, 5) is 11.8. The molecule has 84 valence electrons. The molecule has 1 aromatic carbocycles. The number of imidazole rings is 1. The van der Waals surface area contributed by atoms with Gasteiger partial charge in [0.05, 0.1) is 5.52 Å². The number of hydrogen-bond donors (Lipinski definition) is 1. The second-order valence-electron chi connectivity index (χ2n) is 3.92. The molecule has 0 aliphatic rings. The average molecular weight is 227 g/mol. The lowest BCUT2D eigenvalue weighted by Gasteiger charge is -1.95. The first-order valence-corrected chi connectivity index (χ1v) is 5.32. The van der Waals surface area contributed by atoms with Crippen molar-refractivity contribution in [3.05, 3.63) is 47.9 Å². The van der Waals surface area contributed by atoms with Gasteiger partial charge in [0, 0.05) is 11.3 Å². The highest BCUT2D eigenvalue weighted by molar-refractivity contribution is 5.75. The zero-order valence-corrected chi connectivity index (χ0v) is 9.24. The van der Waals surface area contributed by atoms with Crippen molar-refractivity contribution in [2.24, 2.45) is 0 Å². The van der Waals surface area contributed by atoms with Gasteiger partial charge in [0.2, 0.25) is 0 Å². The Morgan fingerprint density at radius 2 is 2.00 bits per heavy atom. The maximum atomic E-state index is 13.1. The van der Waals surface area contributed by atoms with E-state index in [1.54, 1.807) is 6.07 Å². The van der Waals surface area contributed by atoms with Crippen LogP contribution in [0.4, 0.5) is 4.39 Å². The molecular weight excluding hydrogens is 217 g/mol. The molecule has 0 saturated carbocycles. The molecule has 0 unspecified atom stereocenters. The number of H-pyrrole nitrogens is 1. The maximum absolute atomic E-state index is 13.1. The normalized spacial score (nSPS) is 10.9. The summed E-state index contributed by atoms with van der Waals surface area (Å²) in [5.74, 6) is 0.365. The van der Waals surface area contributed by atoms with Crippen LogP contribution in [0.1, 0.15) is 5.69 Å². The van der Waals surface area contributed by atoms with Crippen molar-refractivity contribution < 1.29 is 4.39 Å². The van der Waals surface area contributed by atoms with Crippen LogP contribution in [0.15, 0.2) is 36.4 Å². The van der Waals surface area contributed by atoms with E-state index in [0.717, 1.165) is 16.8 Å². The monoisotopic (exact) mass is 227 g/mol. The first kappa shape index (κ1) is 9.96. The topological polar surface area (TPSA) is 41.6 Å². The summed E-state index contributed by atoms with van der Waals surface area (Å²) in [7, 11) is 0. The number of nitrogens with one attached hydrogen (secondary N) is 1. The van der Waals surface area contributed by atoms with Crippen LogP contribution < -0.4 is 0 Å². The summed E-state index contributed by atoms with van der Waals surface area (Å²) < 4.78 is 13.1. The molecule has 0 radical (unpaired) electrons. The van der Waals surface area contributed by atoms with E-state index in [4.69, 9.17) is 0 Å². The number of aryl methyl sites for hydroxylation is 1. The van der Waals surface area contributed by atoms with Gasteiger partial charge in [0.25, 0.3) is 0 Å². The summed E-state index contributed by atoms with van der Waals surface area (Å²) >= 11 is 0. The highest BCUT2D eigenvalue weighted by Gasteiger charge is 2.06. The first-order valence-electron chi connectivity index (χ1n) is 5.32. The molecule has 0 bridgehead atoms. The fraction of sp³-hybridized carbons (Fsp3) is 0.0769. The van der Waals surface area contributed by atoms with Crippen LogP contribution in [0.2, 0.25) is 0 Å². The minimum absolute atomic E-state index is 0.271. The smallest absolute Gasteiger partial charge is 0.178 e. The Balaban J connectivity index is 2.18. The van der Waals surface area contributed by atoms with E-state index in [-0.39, 0.29) is 5.82 Å². The maximum Gasteiger partial charge on any atom is 0.178 e. The number of nitrogens with zero attached hydrogens (tertiary/aromatic N) is 2. The quantitative estimate of drug-likeness (QED) is 0.694. The summed E-state index contributed by atoms with van der Waals surface area (Å²) in [6.45, 7) is 1.91. The van der Waals surface area contributed by atoms with Crippen molar-refractivity contribution >= 4 is 11.2 Å². The minimum atomic E-state index is -0.271. The van der Waals surface area contributed by atoms with Crippen LogP contribution >= 0.6 is 0 Å². The highest BCUT2D eigenvalue weighted by atomic mass is 19.1. The van der Waals surface area contributed by atoms with Gasteiger partial charge in [-0.15, -0.1) is 0 Å². The Labute approximate surface area is 97.3 Å². The van der Waals surface area contributed by atoms with Gasteiger partial charge in [-0.1, -0.05) is 12.1 Å². The number of rotatable bonds is 1. The lowest BCUT2D eigenvalue weighted by Crippen LogP contribution is -1.82. The van der Waals surface area contributed by atoms with Crippen molar-refractivity contribution in [2.75, 3.05) is 0 Å². The van der Waals surface area contributed by atoms with E-state index < -0.39 is 0 Å². The van der Waals surface area contributed by atoms with Gasteiger partial charge in [-0.25, -0.2) is 14.4 Å². The molecule has 0 aliphatic heterocycles. The van der Waals surface area contributed by atoms with E-state index in [1.807, 2.05) is 25.1 Å². The van der Waals surface area contributed by atoms with Crippen molar-refractivity contribution in [2.45, 2.75) is 6.92 Å². The van der Waals surface area contributed by atoms with Crippen molar-refractivity contribution in [3.63, 3.8) is 0 Å². The van der Waals surface area contributed by atoms with Crippen LogP contribution in [0, 0.1) is 12.7 Å². The van der Waals surface area contributed by atoms with Crippen molar-refractivity contribution in [1.29, 1.82) is 0 Å². The highest BCUT2D eigenvalue weighted by Crippen LogP contribution is 2.20. The van der Waals surface area contributed by atoms with E-state index in [9.17, 15) is 4.39 Å². The lowest BCUT2D eigenvalue weighted by molar-refractivity contribution is 0.628. The molecule has 3 aromatic rings. The molecule has 2 aromatic heterocycles. The number of aromatic amines is 1. The average Bonchev–Trinajstić information content (AvgIpc) is 2.72. The number of halogens is 1. The van der Waals surface area contributed by atoms with Crippen LogP contribution in [-0.2, 0) is 0 Å². The van der Waals surface area contributed by atoms with Gasteiger partial charge in [-0.3, -0.25) is 0 Å². The van der Waals surface area contributed by atoms with Gasteiger partial charge in [0.1, 0.15) is 11.6 Å². The fourth-order valence-corrected chi connectivity index (χ4v) is 1.76. The molecule has 4 heteroatoms. The molecular formula is C13H10FN3. The van der Waals surface area contributed by atoms with E-state index in [0.29, 0.717) is 11.5 Å². The third-order valence-electron chi connectivity index (χ3n) is 2.58. The second-order valence-corrected chi connectivity index (χ2v) is 3.92. The van der Waals surface area contributed by atoms with E-state index in [2.05, 4.69) is 15.0 Å². The van der Waals surface area contributed by atoms with Gasteiger partial charge in [-0.2, -0.15) is 0 Å². The van der Waals surface area contributed by atoms with Crippen LogP contribution in [0.3, 0.4) is 0 Å². The number of fused-ring (bicyclic) bond motifs is 1. The zero-order valence-electron chi connectivity index (χ0n) is 9.24. The van der Waals surface area contributed by atoms with E-state index >= 15 is 0 Å². The van der Waals surface area contributed by atoms with Crippen molar-refractivity contribution in [1.82, 2.24) is 15.0 Å². The van der Waals surface area contributed by atoms with Crippen LogP contribution in [-0.4, -0.2) is 15.0 Å². The standard InChI is InChI=1S/C13H10FN3/c1-8-5-6-11-13(15-8)17-12(16-11)9-3-2-4-10(14)7-9/h2-7H,1H3,(H,15,16,17). The molecule has 0 aliphatic carbocycles. The Bertz CT molecular complexity index is 688. The molecule has 0 fully saturated rings. The second kappa shape index (κ2) is 3.66. The molecule has 0 saturated heterocycles. The Morgan fingerprint density at radius 1 is 1.12 bits per heavy atom. The van der Waals surface area contributed by atoms with Crippen LogP contribution in [0.25, 0.3) is 22.6 Å². The van der Waals surface area contributed by atoms with Crippen molar-refractivity contribution in [3.8, 4) is 11.4 Å². The number of pyridine rings is 1. The Hall–Kier alpha value is -2.23. The predicted molar refractivity (Wildman–Crippen MR) is 64.0 cm³/mol. The summed E-state index contributed by atoms with van der Waals surface area (Å²) in [6.07, 6.45) is 0. The molecule has 3 nitrogen and oxygen atoms in total. The number of hydrogen-bond acceptors (Lipinski definition) is 2. The fourth-order valence-electron chi connectivity index (χ4n) is 1.76. The van der Waals surface area contributed by atoms with Gasteiger partial charge in [-0.05, 0) is 31.2 Å². The third kappa shape index (κ3) is 1.78. The van der Waals surface area contributed by atoms with Gasteiger partial charge in [0.15, 0.2) is 5.65 Å². The minimum Gasteiger partial charge on any atom is -0.337 e. The SMILES string of the molecule is Cc1ccc2[nH]c(-c3cccc(F)c3)nc2n1. The molecule has 17 heavy (non-hydrogen) atoms. The third-order valence-corrected chi connectivity index (χ3v) is 2.58. The summed E-state index contributed by atoms with van der Waals surface area (Å²) in [5.41, 5.74) is 3.15. The molecule has 2 heterocycles. The predicted octanol–water partition coefficient (Wildman–Crippen LogP) is 3.07. The Kier molecular flexibility index (Phi) is 2.14. The summed E-state index contributed by atoms with van der Waals surface area (Å²) in [5, 5.41) is 0. The Morgan fingerprint density at radius 3 is 2.82 bits per heavy atom. The molecule has 0 atom stereocenters. The number of aromatic nitrogens is 3. The van der Waals surface area contributed by atoms with Crippen LogP contribution in [0.5, 0.6) is 0 Å². The van der Waals surface area contributed by atoms with Gasteiger partial charge < -0.3 is 4.98 Å². The lowest BCUT2D eigenvalue weighted by atomic mass is 10.2. The molecule has 3 rings (SSSR count). The number of benzene rings is 1. The summed E-state index contributed by atoms with van der Waals surface area (Å²) in [6, 6.07) is 10.2. The molecule has 0 spiro atoms. The zero-order chi connectivity index (χ0) is 11.8.